The van der Waals surface area contributed by atoms with E-state index in [1.807, 2.05) is 68.8 Å². The lowest BCUT2D eigenvalue weighted by Gasteiger charge is -2.37. The van der Waals surface area contributed by atoms with Crippen LogP contribution in [0.25, 0.3) is 11.0 Å². The summed E-state index contributed by atoms with van der Waals surface area (Å²) in [6.07, 6.45) is 1.79. The first-order valence-corrected chi connectivity index (χ1v) is 19.3. The molecule has 1 aliphatic heterocycles. The predicted octanol–water partition coefficient (Wildman–Crippen LogP) is 5.46. The van der Waals surface area contributed by atoms with E-state index in [9.17, 15) is 9.90 Å². The molecule has 0 bridgehead atoms. The molecule has 12 heteroatoms. The third-order valence-electron chi connectivity index (χ3n) is 8.53. The second kappa shape index (κ2) is 14.9. The van der Waals surface area contributed by atoms with Crippen molar-refractivity contribution in [3.63, 3.8) is 0 Å². The van der Waals surface area contributed by atoms with Gasteiger partial charge in [0.25, 0.3) is 0 Å². The van der Waals surface area contributed by atoms with E-state index in [-0.39, 0.29) is 23.9 Å². The molecule has 243 valence electrons. The van der Waals surface area contributed by atoms with E-state index in [1.165, 1.54) is 6.33 Å². The summed E-state index contributed by atoms with van der Waals surface area (Å²) >= 11 is 0. The number of rotatable bonds is 15. The normalized spacial score (nSPS) is 21.2. The maximum Gasteiger partial charge on any atom is 0.341 e. The van der Waals surface area contributed by atoms with Crippen LogP contribution in [0.5, 0.6) is 5.88 Å². The number of nitrogens with zero attached hydrogens (tertiary/aromatic N) is 3. The van der Waals surface area contributed by atoms with Gasteiger partial charge >= 0.3 is 8.56 Å². The van der Waals surface area contributed by atoms with Crippen LogP contribution in [0.15, 0.2) is 42.9 Å². The molecular formula is C32H51N4O6Si2. The minimum atomic E-state index is -3.21. The van der Waals surface area contributed by atoms with Gasteiger partial charge in [-0.2, -0.15) is 4.98 Å². The Balaban J connectivity index is 1.69. The number of ether oxygens (including phenoxy) is 2. The van der Waals surface area contributed by atoms with Gasteiger partial charge in [0, 0.05) is 11.8 Å². The summed E-state index contributed by atoms with van der Waals surface area (Å²) in [7, 11) is -2.76. The molecule has 1 fully saturated rings. The van der Waals surface area contributed by atoms with Gasteiger partial charge in [0.15, 0.2) is 0 Å². The van der Waals surface area contributed by atoms with Crippen molar-refractivity contribution in [2.75, 3.05) is 13.7 Å². The van der Waals surface area contributed by atoms with Crippen LogP contribution in [0.4, 0.5) is 0 Å². The van der Waals surface area contributed by atoms with E-state index < -0.39 is 35.9 Å². The average Bonchev–Trinajstić information content (AvgIpc) is 3.50. The molecule has 1 saturated heterocycles. The van der Waals surface area contributed by atoms with E-state index in [2.05, 4.69) is 43.0 Å². The Hall–Kier alpha value is -2.17. The Morgan fingerprint density at radius 2 is 1.66 bits per heavy atom. The molecule has 0 aliphatic carbocycles. The van der Waals surface area contributed by atoms with Gasteiger partial charge in [-0.3, -0.25) is 0 Å². The number of aliphatic hydroxyl groups is 1. The molecule has 0 saturated carbocycles. The fraction of sp³-hybridized carbons (Fsp3) is 0.625. The summed E-state index contributed by atoms with van der Waals surface area (Å²) in [6, 6.07) is 9.13. The maximum atomic E-state index is 12.0. The number of hydrogen-bond acceptors (Lipinski definition) is 9. The number of benzene rings is 1. The fourth-order valence-corrected chi connectivity index (χ4v) is 11.2. The summed E-state index contributed by atoms with van der Waals surface area (Å²) in [5.41, 5.74) is 3.94. The van der Waals surface area contributed by atoms with Gasteiger partial charge in [-0.05, 0) is 27.7 Å². The molecule has 0 amide bonds. The van der Waals surface area contributed by atoms with E-state index in [1.54, 1.807) is 7.11 Å². The first-order valence-electron chi connectivity index (χ1n) is 15.7. The second-order valence-electron chi connectivity index (χ2n) is 13.0. The van der Waals surface area contributed by atoms with Crippen molar-refractivity contribution in [3.05, 3.63) is 54.0 Å². The number of hydrogen-bond donors (Lipinski definition) is 3. The van der Waals surface area contributed by atoms with Crippen LogP contribution in [-0.2, 0) is 26.9 Å². The SMILES string of the molecule is COc1ncnc2c([C@@H]3N[C@H](CO[Si](C(C)C)C(C)C)[C@@H](O[Si](O)(C(C)C)C(C)C)[C@H]3O)cn(COCc3ccccc3)c12. The lowest BCUT2D eigenvalue weighted by atomic mass is 10.0. The van der Waals surface area contributed by atoms with Crippen LogP contribution in [0, 0.1) is 0 Å². The molecule has 3 aromatic rings. The summed E-state index contributed by atoms with van der Waals surface area (Å²) in [6.45, 7) is 17.8. The Bertz CT molecular complexity index is 1320. The van der Waals surface area contributed by atoms with Crippen molar-refractivity contribution < 1.29 is 28.2 Å². The summed E-state index contributed by atoms with van der Waals surface area (Å²) in [4.78, 5) is 20.8. The van der Waals surface area contributed by atoms with Crippen LogP contribution < -0.4 is 10.1 Å². The molecule has 4 atom stereocenters. The maximum absolute atomic E-state index is 12.0. The van der Waals surface area contributed by atoms with Crippen molar-refractivity contribution in [1.82, 2.24) is 19.9 Å². The lowest BCUT2D eigenvalue weighted by molar-refractivity contribution is 0.0127. The minimum Gasteiger partial charge on any atom is -0.479 e. The van der Waals surface area contributed by atoms with Crippen molar-refractivity contribution in [2.24, 2.45) is 0 Å². The summed E-state index contributed by atoms with van der Waals surface area (Å²) < 4.78 is 26.9. The van der Waals surface area contributed by atoms with Crippen molar-refractivity contribution in [1.29, 1.82) is 0 Å². The molecule has 1 aliphatic rings. The smallest absolute Gasteiger partial charge is 0.341 e. The third-order valence-corrected chi connectivity index (χ3v) is 15.3. The fourth-order valence-electron chi connectivity index (χ4n) is 6.20. The quantitative estimate of drug-likeness (QED) is 0.186. The zero-order valence-corrected chi connectivity index (χ0v) is 29.7. The van der Waals surface area contributed by atoms with Crippen LogP contribution in [-0.4, -0.2) is 74.0 Å². The topological polar surface area (TPSA) is 120 Å². The van der Waals surface area contributed by atoms with Crippen LogP contribution in [0.3, 0.4) is 0 Å². The highest BCUT2D eigenvalue weighted by molar-refractivity contribution is 6.68. The Labute approximate surface area is 265 Å². The van der Waals surface area contributed by atoms with Crippen LogP contribution in [0.1, 0.15) is 72.6 Å². The number of aromatic nitrogens is 3. The Kier molecular flexibility index (Phi) is 11.8. The standard InChI is InChI=1S/C32H51N4O6Si2/c1-20(2)43(21(3)4)41-17-26-31(42-44(38,22(5)6)23(7)8)30(37)28(35-26)25-15-36(19-40-16-24-13-11-10-12-14-24)29-27(25)33-18-34-32(29)39-9/h10-15,18,20-23,26,28,30-31,35,37-38H,16-17,19H2,1-9H3/t26-,28+,30+,31-/m1/s1. The molecule has 0 unspecified atom stereocenters. The molecule has 1 radical (unpaired) electrons. The Morgan fingerprint density at radius 3 is 2.25 bits per heavy atom. The van der Waals surface area contributed by atoms with E-state index in [0.29, 0.717) is 41.2 Å². The highest BCUT2D eigenvalue weighted by Crippen LogP contribution is 2.40. The van der Waals surface area contributed by atoms with Gasteiger partial charge in [-0.1, -0.05) is 85.7 Å². The average molecular weight is 644 g/mol. The summed E-state index contributed by atoms with van der Waals surface area (Å²) in [5.74, 6) is 0.423. The minimum absolute atomic E-state index is 0.0538. The molecular weight excluding hydrogens is 593 g/mol. The lowest BCUT2D eigenvalue weighted by Crippen LogP contribution is -2.53. The zero-order chi connectivity index (χ0) is 32.2. The molecule has 2 aromatic heterocycles. The largest absolute Gasteiger partial charge is 0.479 e. The molecule has 0 spiro atoms. The van der Waals surface area contributed by atoms with Crippen LogP contribution in [0.2, 0.25) is 22.2 Å². The van der Waals surface area contributed by atoms with Gasteiger partial charge in [-0.25, -0.2) is 4.98 Å². The van der Waals surface area contributed by atoms with E-state index >= 15 is 0 Å². The second-order valence-corrected chi connectivity index (χ2v) is 20.5. The van der Waals surface area contributed by atoms with Gasteiger partial charge in [0.2, 0.25) is 14.9 Å². The molecule has 1 aromatic carbocycles. The van der Waals surface area contributed by atoms with Crippen molar-refractivity contribution >= 4 is 28.6 Å². The van der Waals surface area contributed by atoms with Gasteiger partial charge in [0.05, 0.1) is 38.5 Å². The predicted molar refractivity (Wildman–Crippen MR) is 176 cm³/mol. The molecule has 3 heterocycles. The highest BCUT2D eigenvalue weighted by Gasteiger charge is 2.52. The molecule has 4 rings (SSSR count). The van der Waals surface area contributed by atoms with Crippen molar-refractivity contribution in [2.45, 2.75) is 115 Å². The van der Waals surface area contributed by atoms with Crippen LogP contribution >= 0.6 is 0 Å². The number of nitrogens with one attached hydrogen (secondary N) is 1. The first-order chi connectivity index (χ1) is 20.9. The van der Waals surface area contributed by atoms with E-state index in [0.717, 1.165) is 11.1 Å². The highest BCUT2D eigenvalue weighted by atomic mass is 28.4. The number of methoxy groups -OCH3 is 1. The molecule has 44 heavy (non-hydrogen) atoms. The third kappa shape index (κ3) is 7.44. The Morgan fingerprint density at radius 1 is 1.00 bits per heavy atom. The number of fused-ring (bicyclic) bond motifs is 1. The van der Waals surface area contributed by atoms with Gasteiger partial charge in [0.1, 0.15) is 30.2 Å². The van der Waals surface area contributed by atoms with Gasteiger partial charge < -0.3 is 38.1 Å². The summed E-state index contributed by atoms with van der Waals surface area (Å²) in [5, 5.41) is 15.6. The zero-order valence-electron chi connectivity index (χ0n) is 27.7. The number of aliphatic hydroxyl groups excluding tert-OH is 1. The first kappa shape index (κ1) is 34.7. The molecule has 3 N–H and O–H groups in total. The van der Waals surface area contributed by atoms with Crippen molar-refractivity contribution in [3.8, 4) is 5.88 Å². The molecule has 10 nitrogen and oxygen atoms in total. The van der Waals surface area contributed by atoms with E-state index in [4.69, 9.17) is 18.3 Å². The monoisotopic (exact) mass is 643 g/mol. The van der Waals surface area contributed by atoms with Gasteiger partial charge in [-0.15, -0.1) is 0 Å².